The SMILES string of the molecule is OCC1(Nc2ccnc3cc(Br)cnc23)CCCC1. The van der Waals surface area contributed by atoms with Crippen LogP contribution < -0.4 is 5.32 Å². The topological polar surface area (TPSA) is 58.0 Å². The van der Waals surface area contributed by atoms with E-state index >= 15 is 0 Å². The van der Waals surface area contributed by atoms with E-state index in [2.05, 4.69) is 31.2 Å². The number of rotatable bonds is 3. The quantitative estimate of drug-likeness (QED) is 0.912. The molecule has 0 aromatic carbocycles. The fourth-order valence-electron chi connectivity index (χ4n) is 2.77. The lowest BCUT2D eigenvalue weighted by atomic mass is 9.98. The number of anilines is 1. The highest BCUT2D eigenvalue weighted by atomic mass is 79.9. The summed E-state index contributed by atoms with van der Waals surface area (Å²) in [7, 11) is 0. The van der Waals surface area contributed by atoms with Gasteiger partial charge in [-0.05, 0) is 40.9 Å². The first-order valence-electron chi connectivity index (χ1n) is 6.52. The van der Waals surface area contributed by atoms with Gasteiger partial charge in [-0.2, -0.15) is 0 Å². The molecule has 100 valence electrons. The maximum Gasteiger partial charge on any atom is 0.112 e. The molecule has 5 heteroatoms. The van der Waals surface area contributed by atoms with Crippen molar-refractivity contribution in [3.8, 4) is 0 Å². The third kappa shape index (κ3) is 2.44. The van der Waals surface area contributed by atoms with E-state index in [4.69, 9.17) is 0 Å². The Kier molecular flexibility index (Phi) is 3.41. The monoisotopic (exact) mass is 321 g/mol. The maximum absolute atomic E-state index is 9.69. The van der Waals surface area contributed by atoms with Crippen molar-refractivity contribution in [3.63, 3.8) is 0 Å². The molecule has 0 radical (unpaired) electrons. The van der Waals surface area contributed by atoms with E-state index in [9.17, 15) is 5.11 Å². The molecule has 0 saturated heterocycles. The number of halogens is 1. The van der Waals surface area contributed by atoms with Gasteiger partial charge in [0, 0.05) is 16.9 Å². The summed E-state index contributed by atoms with van der Waals surface area (Å²) >= 11 is 3.41. The highest BCUT2D eigenvalue weighted by Crippen LogP contribution is 2.34. The van der Waals surface area contributed by atoms with Gasteiger partial charge in [0.15, 0.2) is 0 Å². The third-order valence-electron chi connectivity index (χ3n) is 3.81. The predicted octanol–water partition coefficient (Wildman–Crippen LogP) is 3.11. The number of aliphatic hydroxyl groups excluding tert-OH is 1. The summed E-state index contributed by atoms with van der Waals surface area (Å²) in [6.45, 7) is 0.160. The Morgan fingerprint density at radius 2 is 2.11 bits per heavy atom. The second kappa shape index (κ2) is 5.06. The molecule has 0 spiro atoms. The van der Waals surface area contributed by atoms with Crippen molar-refractivity contribution < 1.29 is 5.11 Å². The van der Waals surface area contributed by atoms with Crippen LogP contribution in [0.2, 0.25) is 0 Å². The van der Waals surface area contributed by atoms with Crippen molar-refractivity contribution in [2.75, 3.05) is 11.9 Å². The number of nitrogens with zero attached hydrogens (tertiary/aromatic N) is 2. The lowest BCUT2D eigenvalue weighted by Crippen LogP contribution is -2.39. The summed E-state index contributed by atoms with van der Waals surface area (Å²) in [5.74, 6) is 0. The standard InChI is InChI=1S/C14H16BrN3O/c15-10-7-12-13(17-8-10)11(3-6-16-12)18-14(9-19)4-1-2-5-14/h3,6-8,19H,1-2,4-5,9H2,(H,16,18). The maximum atomic E-state index is 9.69. The Morgan fingerprint density at radius 3 is 2.84 bits per heavy atom. The Bertz CT molecular complexity index is 596. The van der Waals surface area contributed by atoms with Gasteiger partial charge >= 0.3 is 0 Å². The summed E-state index contributed by atoms with van der Waals surface area (Å²) in [5, 5.41) is 13.2. The fourth-order valence-corrected chi connectivity index (χ4v) is 3.09. The molecule has 4 nitrogen and oxygen atoms in total. The smallest absolute Gasteiger partial charge is 0.112 e. The van der Waals surface area contributed by atoms with Crippen molar-refractivity contribution in [1.82, 2.24) is 9.97 Å². The number of hydrogen-bond donors (Lipinski definition) is 2. The fraction of sp³-hybridized carbons (Fsp3) is 0.429. The van der Waals surface area contributed by atoms with Crippen molar-refractivity contribution in [2.45, 2.75) is 31.2 Å². The van der Waals surface area contributed by atoms with E-state index in [1.165, 1.54) is 0 Å². The summed E-state index contributed by atoms with van der Waals surface area (Å²) in [4.78, 5) is 8.77. The van der Waals surface area contributed by atoms with E-state index in [1.807, 2.05) is 12.1 Å². The van der Waals surface area contributed by atoms with Gasteiger partial charge in [-0.15, -0.1) is 0 Å². The summed E-state index contributed by atoms with van der Waals surface area (Å²) in [6, 6.07) is 3.88. The molecule has 0 unspecified atom stereocenters. The van der Waals surface area contributed by atoms with Crippen LogP contribution in [0.1, 0.15) is 25.7 Å². The van der Waals surface area contributed by atoms with Gasteiger partial charge in [0.25, 0.3) is 0 Å². The van der Waals surface area contributed by atoms with Crippen LogP contribution in [-0.4, -0.2) is 27.2 Å². The Labute approximate surface area is 120 Å². The van der Waals surface area contributed by atoms with E-state index < -0.39 is 0 Å². The molecule has 2 aromatic rings. The lowest BCUT2D eigenvalue weighted by Gasteiger charge is -2.29. The van der Waals surface area contributed by atoms with Crippen LogP contribution in [0.15, 0.2) is 29.0 Å². The third-order valence-corrected chi connectivity index (χ3v) is 4.24. The van der Waals surface area contributed by atoms with Crippen LogP contribution in [-0.2, 0) is 0 Å². The van der Waals surface area contributed by atoms with E-state index in [0.717, 1.165) is 46.9 Å². The molecule has 1 aliphatic carbocycles. The van der Waals surface area contributed by atoms with Gasteiger partial charge < -0.3 is 10.4 Å². The molecule has 0 amide bonds. The lowest BCUT2D eigenvalue weighted by molar-refractivity contribution is 0.214. The minimum Gasteiger partial charge on any atom is -0.394 e. The molecule has 0 atom stereocenters. The number of hydrogen-bond acceptors (Lipinski definition) is 4. The number of pyridine rings is 2. The highest BCUT2D eigenvalue weighted by Gasteiger charge is 2.33. The van der Waals surface area contributed by atoms with Gasteiger partial charge in [0.2, 0.25) is 0 Å². The molecule has 2 heterocycles. The van der Waals surface area contributed by atoms with Crippen LogP contribution in [0.3, 0.4) is 0 Å². The summed E-state index contributed by atoms with van der Waals surface area (Å²) in [5.41, 5.74) is 2.47. The number of aliphatic hydroxyl groups is 1. The highest BCUT2D eigenvalue weighted by molar-refractivity contribution is 9.10. The zero-order chi connectivity index (χ0) is 13.3. The van der Waals surface area contributed by atoms with Crippen molar-refractivity contribution in [3.05, 3.63) is 29.0 Å². The van der Waals surface area contributed by atoms with Gasteiger partial charge in [-0.3, -0.25) is 9.97 Å². The first-order valence-corrected chi connectivity index (χ1v) is 7.31. The van der Waals surface area contributed by atoms with Gasteiger partial charge in [0.05, 0.1) is 23.3 Å². The molecule has 1 saturated carbocycles. The molecule has 1 fully saturated rings. The number of nitrogens with one attached hydrogen (secondary N) is 1. The van der Waals surface area contributed by atoms with Gasteiger partial charge in [0.1, 0.15) is 5.52 Å². The van der Waals surface area contributed by atoms with Crippen molar-refractivity contribution >= 4 is 32.7 Å². The molecule has 1 aliphatic rings. The number of fused-ring (bicyclic) bond motifs is 1. The van der Waals surface area contributed by atoms with E-state index in [1.54, 1.807) is 12.4 Å². The van der Waals surface area contributed by atoms with Crippen LogP contribution >= 0.6 is 15.9 Å². The molecule has 3 rings (SSSR count). The zero-order valence-electron chi connectivity index (χ0n) is 10.6. The average Bonchev–Trinajstić information content (AvgIpc) is 2.88. The predicted molar refractivity (Wildman–Crippen MR) is 79.1 cm³/mol. The summed E-state index contributed by atoms with van der Waals surface area (Å²) in [6.07, 6.45) is 7.88. The molecule has 2 aromatic heterocycles. The molecule has 0 bridgehead atoms. The zero-order valence-corrected chi connectivity index (χ0v) is 12.2. The minimum absolute atomic E-state index is 0.160. The summed E-state index contributed by atoms with van der Waals surface area (Å²) < 4.78 is 0.919. The van der Waals surface area contributed by atoms with Crippen LogP contribution in [0.25, 0.3) is 11.0 Å². The van der Waals surface area contributed by atoms with Crippen LogP contribution in [0.4, 0.5) is 5.69 Å². The molecular weight excluding hydrogens is 306 g/mol. The normalized spacial score (nSPS) is 17.8. The van der Waals surface area contributed by atoms with Crippen LogP contribution in [0, 0.1) is 0 Å². The van der Waals surface area contributed by atoms with Crippen molar-refractivity contribution in [1.29, 1.82) is 0 Å². The largest absolute Gasteiger partial charge is 0.394 e. The van der Waals surface area contributed by atoms with Gasteiger partial charge in [-0.25, -0.2) is 0 Å². The average molecular weight is 322 g/mol. The Hall–Kier alpha value is -1.20. The first-order chi connectivity index (χ1) is 9.22. The Morgan fingerprint density at radius 1 is 1.32 bits per heavy atom. The molecule has 0 aliphatic heterocycles. The minimum atomic E-state index is -0.191. The van der Waals surface area contributed by atoms with Gasteiger partial charge in [-0.1, -0.05) is 12.8 Å². The first kappa shape index (κ1) is 12.8. The molecule has 2 N–H and O–H groups in total. The van der Waals surface area contributed by atoms with E-state index in [-0.39, 0.29) is 12.1 Å². The van der Waals surface area contributed by atoms with Crippen molar-refractivity contribution in [2.24, 2.45) is 0 Å². The number of aromatic nitrogens is 2. The molecule has 19 heavy (non-hydrogen) atoms. The van der Waals surface area contributed by atoms with Crippen LogP contribution in [0.5, 0.6) is 0 Å². The molecular formula is C14H16BrN3O. The second-order valence-corrected chi connectivity index (χ2v) is 6.07. The Balaban J connectivity index is 2.01. The van der Waals surface area contributed by atoms with E-state index in [0.29, 0.717) is 0 Å². The second-order valence-electron chi connectivity index (χ2n) is 5.15.